The van der Waals surface area contributed by atoms with E-state index in [9.17, 15) is 8.42 Å². The fraction of sp³-hybridized carbons (Fsp3) is 0.636. The Kier molecular flexibility index (Phi) is 3.54. The van der Waals surface area contributed by atoms with Gasteiger partial charge >= 0.3 is 0 Å². The molecule has 0 aliphatic carbocycles. The Labute approximate surface area is 107 Å². The SMILES string of the molecule is Cc1cc(CN)nc(N(C)C2CCS(=O)(=O)C2)n1. The monoisotopic (exact) mass is 270 g/mol. The smallest absolute Gasteiger partial charge is 0.225 e. The van der Waals surface area contributed by atoms with Crippen LogP contribution < -0.4 is 10.6 Å². The zero-order valence-corrected chi connectivity index (χ0v) is 11.4. The van der Waals surface area contributed by atoms with Crippen LogP contribution in [0.4, 0.5) is 5.95 Å². The summed E-state index contributed by atoms with van der Waals surface area (Å²) >= 11 is 0. The van der Waals surface area contributed by atoms with Gasteiger partial charge in [0.25, 0.3) is 0 Å². The lowest BCUT2D eigenvalue weighted by Gasteiger charge is -2.23. The second-order valence-electron chi connectivity index (χ2n) is 4.67. The number of hydrogen-bond donors (Lipinski definition) is 1. The van der Waals surface area contributed by atoms with Crippen molar-refractivity contribution in [3.63, 3.8) is 0 Å². The van der Waals surface area contributed by atoms with Gasteiger partial charge in [0.2, 0.25) is 5.95 Å². The van der Waals surface area contributed by atoms with E-state index in [0.29, 0.717) is 18.9 Å². The van der Waals surface area contributed by atoms with Crippen molar-refractivity contribution in [1.29, 1.82) is 0 Å². The molecule has 18 heavy (non-hydrogen) atoms. The molecule has 0 aromatic carbocycles. The second kappa shape index (κ2) is 4.81. The van der Waals surface area contributed by atoms with Gasteiger partial charge < -0.3 is 10.6 Å². The average Bonchev–Trinajstić information content (AvgIpc) is 2.67. The Morgan fingerprint density at radius 2 is 2.22 bits per heavy atom. The third-order valence-electron chi connectivity index (χ3n) is 3.18. The summed E-state index contributed by atoms with van der Waals surface area (Å²) in [5.74, 6) is 0.980. The summed E-state index contributed by atoms with van der Waals surface area (Å²) in [5.41, 5.74) is 7.19. The Bertz CT molecular complexity index is 544. The van der Waals surface area contributed by atoms with Crippen molar-refractivity contribution >= 4 is 15.8 Å². The fourth-order valence-corrected chi connectivity index (χ4v) is 3.90. The molecule has 1 aliphatic heterocycles. The van der Waals surface area contributed by atoms with Crippen LogP contribution in [0, 0.1) is 6.92 Å². The van der Waals surface area contributed by atoms with Gasteiger partial charge in [-0.25, -0.2) is 18.4 Å². The van der Waals surface area contributed by atoms with Crippen LogP contribution in [0.5, 0.6) is 0 Å². The predicted octanol–water partition coefficient (Wildman–Crippen LogP) is -0.133. The minimum atomic E-state index is -2.90. The highest BCUT2D eigenvalue weighted by atomic mass is 32.2. The number of anilines is 1. The third-order valence-corrected chi connectivity index (χ3v) is 4.93. The molecule has 0 bridgehead atoms. The van der Waals surface area contributed by atoms with E-state index in [1.54, 1.807) is 0 Å². The van der Waals surface area contributed by atoms with Crippen LogP contribution in [0.3, 0.4) is 0 Å². The van der Waals surface area contributed by atoms with Crippen LogP contribution in [0.25, 0.3) is 0 Å². The summed E-state index contributed by atoms with van der Waals surface area (Å²) < 4.78 is 23.0. The van der Waals surface area contributed by atoms with E-state index in [1.165, 1.54) is 0 Å². The van der Waals surface area contributed by atoms with Gasteiger partial charge in [0.15, 0.2) is 9.84 Å². The van der Waals surface area contributed by atoms with Gasteiger partial charge in [-0.2, -0.15) is 0 Å². The minimum Gasteiger partial charge on any atom is -0.340 e. The van der Waals surface area contributed by atoms with Gasteiger partial charge in [-0.05, 0) is 19.4 Å². The van der Waals surface area contributed by atoms with Crippen LogP contribution in [0.1, 0.15) is 17.8 Å². The topological polar surface area (TPSA) is 89.2 Å². The predicted molar refractivity (Wildman–Crippen MR) is 70.1 cm³/mol. The highest BCUT2D eigenvalue weighted by Gasteiger charge is 2.31. The summed E-state index contributed by atoms with van der Waals surface area (Å²) in [6, 6.07) is 1.80. The third kappa shape index (κ3) is 2.78. The molecule has 1 unspecified atom stereocenters. The van der Waals surface area contributed by atoms with E-state index < -0.39 is 9.84 Å². The Balaban J connectivity index is 2.23. The molecule has 2 rings (SSSR count). The molecule has 0 saturated carbocycles. The summed E-state index contributed by atoms with van der Waals surface area (Å²) in [6.45, 7) is 2.23. The summed E-state index contributed by atoms with van der Waals surface area (Å²) in [5, 5.41) is 0. The first-order valence-electron chi connectivity index (χ1n) is 5.89. The molecule has 2 N–H and O–H groups in total. The summed E-state index contributed by atoms with van der Waals surface area (Å²) in [4.78, 5) is 10.5. The maximum absolute atomic E-state index is 11.5. The van der Waals surface area contributed by atoms with E-state index in [4.69, 9.17) is 5.73 Å². The quantitative estimate of drug-likeness (QED) is 0.823. The lowest BCUT2D eigenvalue weighted by atomic mass is 10.2. The van der Waals surface area contributed by atoms with Crippen LogP contribution >= 0.6 is 0 Å². The van der Waals surface area contributed by atoms with E-state index >= 15 is 0 Å². The van der Waals surface area contributed by atoms with Gasteiger partial charge in [0.05, 0.1) is 17.2 Å². The zero-order chi connectivity index (χ0) is 13.3. The van der Waals surface area contributed by atoms with E-state index in [1.807, 2.05) is 24.9 Å². The lowest BCUT2D eigenvalue weighted by molar-refractivity contribution is 0.600. The van der Waals surface area contributed by atoms with Crippen molar-refractivity contribution in [2.24, 2.45) is 5.73 Å². The molecule has 1 atom stereocenters. The Morgan fingerprint density at radius 1 is 1.50 bits per heavy atom. The van der Waals surface area contributed by atoms with Gasteiger partial charge in [0, 0.05) is 25.3 Å². The lowest BCUT2D eigenvalue weighted by Crippen LogP contribution is -2.34. The van der Waals surface area contributed by atoms with E-state index in [2.05, 4.69) is 9.97 Å². The first-order chi connectivity index (χ1) is 8.41. The highest BCUT2D eigenvalue weighted by molar-refractivity contribution is 7.91. The molecule has 1 aromatic heterocycles. The maximum Gasteiger partial charge on any atom is 0.225 e. The standard InChI is InChI=1S/C11H18N4O2S/c1-8-5-9(6-12)14-11(13-8)15(2)10-3-4-18(16,17)7-10/h5,10H,3-4,6-7,12H2,1-2H3. The molecule has 2 heterocycles. The highest BCUT2D eigenvalue weighted by Crippen LogP contribution is 2.20. The first-order valence-corrected chi connectivity index (χ1v) is 7.71. The number of aromatic nitrogens is 2. The molecule has 100 valence electrons. The van der Waals surface area contributed by atoms with Crippen molar-refractivity contribution in [2.45, 2.75) is 25.9 Å². The minimum absolute atomic E-state index is 0.0394. The normalized spacial score (nSPS) is 22.1. The fourth-order valence-electron chi connectivity index (χ4n) is 2.12. The summed E-state index contributed by atoms with van der Waals surface area (Å²) in [6.07, 6.45) is 0.633. The zero-order valence-electron chi connectivity index (χ0n) is 10.6. The molecule has 1 aliphatic rings. The van der Waals surface area contributed by atoms with Crippen molar-refractivity contribution in [3.8, 4) is 0 Å². The number of hydrogen-bond acceptors (Lipinski definition) is 6. The number of nitrogens with two attached hydrogens (primary N) is 1. The van der Waals surface area contributed by atoms with E-state index in [0.717, 1.165) is 11.4 Å². The van der Waals surface area contributed by atoms with Crippen molar-refractivity contribution in [2.75, 3.05) is 23.5 Å². The summed E-state index contributed by atoms with van der Waals surface area (Å²) in [7, 11) is -1.06. The molecule has 1 aromatic rings. The largest absolute Gasteiger partial charge is 0.340 e. The number of nitrogens with zero attached hydrogens (tertiary/aromatic N) is 3. The van der Waals surface area contributed by atoms with E-state index in [-0.39, 0.29) is 17.5 Å². The van der Waals surface area contributed by atoms with Crippen LogP contribution in [-0.4, -0.2) is 43.0 Å². The van der Waals surface area contributed by atoms with Gasteiger partial charge in [-0.3, -0.25) is 0 Å². The number of aryl methyl sites for hydroxylation is 1. The van der Waals surface area contributed by atoms with Crippen LogP contribution in [0.15, 0.2) is 6.07 Å². The Morgan fingerprint density at radius 3 is 2.78 bits per heavy atom. The molecule has 7 heteroatoms. The van der Waals surface area contributed by atoms with Gasteiger partial charge in [-0.15, -0.1) is 0 Å². The molecular weight excluding hydrogens is 252 g/mol. The molecular formula is C11H18N4O2S. The molecule has 0 amide bonds. The maximum atomic E-state index is 11.5. The van der Waals surface area contributed by atoms with Crippen molar-refractivity contribution in [3.05, 3.63) is 17.5 Å². The van der Waals surface area contributed by atoms with Crippen molar-refractivity contribution in [1.82, 2.24) is 9.97 Å². The number of sulfone groups is 1. The molecule has 0 radical (unpaired) electrons. The number of rotatable bonds is 3. The van der Waals surface area contributed by atoms with Crippen molar-refractivity contribution < 1.29 is 8.42 Å². The average molecular weight is 270 g/mol. The molecule has 6 nitrogen and oxygen atoms in total. The molecule has 0 spiro atoms. The first kappa shape index (κ1) is 13.2. The van der Waals surface area contributed by atoms with Gasteiger partial charge in [0.1, 0.15) is 0 Å². The van der Waals surface area contributed by atoms with Crippen LogP contribution in [0.2, 0.25) is 0 Å². The van der Waals surface area contributed by atoms with Crippen LogP contribution in [-0.2, 0) is 16.4 Å². The molecule has 1 saturated heterocycles. The Hall–Kier alpha value is -1.21. The molecule has 1 fully saturated rings. The second-order valence-corrected chi connectivity index (χ2v) is 6.90. The van der Waals surface area contributed by atoms with Gasteiger partial charge in [-0.1, -0.05) is 0 Å².